The number of fused-ring (bicyclic) bond motifs is 1. The van der Waals surface area contributed by atoms with Crippen LogP contribution in [0.3, 0.4) is 0 Å². The van der Waals surface area contributed by atoms with Gasteiger partial charge in [-0.15, -0.1) is 12.4 Å². The largest absolute Gasteiger partial charge is 0.337 e. The predicted octanol–water partition coefficient (Wildman–Crippen LogP) is 1.22. The summed E-state index contributed by atoms with van der Waals surface area (Å²) in [6, 6.07) is -0.214. The van der Waals surface area contributed by atoms with Crippen molar-refractivity contribution in [2.75, 3.05) is 25.4 Å². The average Bonchev–Trinajstić information content (AvgIpc) is 2.89. The second kappa shape index (κ2) is 6.29. The first kappa shape index (κ1) is 18.0. The van der Waals surface area contributed by atoms with Gasteiger partial charge in [0.15, 0.2) is 9.84 Å². The minimum absolute atomic E-state index is 0. The summed E-state index contributed by atoms with van der Waals surface area (Å²) in [5, 5.41) is 2.95. The van der Waals surface area contributed by atoms with Gasteiger partial charge in [-0.2, -0.15) is 0 Å². The van der Waals surface area contributed by atoms with E-state index >= 15 is 0 Å². The van der Waals surface area contributed by atoms with Gasteiger partial charge < -0.3 is 10.2 Å². The van der Waals surface area contributed by atoms with E-state index in [0.29, 0.717) is 12.5 Å². The second-order valence-corrected chi connectivity index (χ2v) is 9.52. The molecule has 3 fully saturated rings. The Labute approximate surface area is 139 Å². The topological polar surface area (TPSA) is 66.5 Å². The van der Waals surface area contributed by atoms with Gasteiger partial charge in [-0.05, 0) is 39.2 Å². The van der Waals surface area contributed by atoms with Crippen LogP contribution in [0.2, 0.25) is 0 Å². The summed E-state index contributed by atoms with van der Waals surface area (Å²) in [5.41, 5.74) is -0.271. The predicted molar refractivity (Wildman–Crippen MR) is 88.9 cm³/mol. The highest BCUT2D eigenvalue weighted by Gasteiger charge is 2.53. The van der Waals surface area contributed by atoms with Gasteiger partial charge in [0.05, 0.1) is 16.4 Å². The number of carbonyl (C=O) groups excluding carboxylic acids is 1. The van der Waals surface area contributed by atoms with E-state index in [4.69, 9.17) is 0 Å². The maximum absolute atomic E-state index is 13.2. The molecule has 1 amide bonds. The van der Waals surface area contributed by atoms with Gasteiger partial charge in [0.1, 0.15) is 0 Å². The lowest BCUT2D eigenvalue weighted by molar-refractivity contribution is -0.147. The Kier molecular flexibility index (Phi) is 5.15. The highest BCUT2D eigenvalue weighted by molar-refractivity contribution is 7.92. The van der Waals surface area contributed by atoms with E-state index in [9.17, 15) is 13.2 Å². The van der Waals surface area contributed by atoms with Gasteiger partial charge in [0.2, 0.25) is 5.91 Å². The molecule has 0 radical (unpaired) electrons. The number of halogens is 1. The van der Waals surface area contributed by atoms with Crippen LogP contribution in [-0.2, 0) is 14.6 Å². The van der Waals surface area contributed by atoms with Crippen LogP contribution in [0.25, 0.3) is 0 Å². The molecule has 22 heavy (non-hydrogen) atoms. The first-order valence-corrected chi connectivity index (χ1v) is 9.83. The second-order valence-electron chi connectivity index (χ2n) is 7.04. The minimum Gasteiger partial charge on any atom is -0.337 e. The molecule has 128 valence electrons. The van der Waals surface area contributed by atoms with Crippen LogP contribution in [-0.4, -0.2) is 55.9 Å². The van der Waals surface area contributed by atoms with Crippen molar-refractivity contribution in [1.82, 2.24) is 10.2 Å². The van der Waals surface area contributed by atoms with Gasteiger partial charge in [0, 0.05) is 19.1 Å². The lowest BCUT2D eigenvalue weighted by atomic mass is 9.67. The van der Waals surface area contributed by atoms with Gasteiger partial charge in [-0.1, -0.05) is 12.8 Å². The van der Waals surface area contributed by atoms with Crippen LogP contribution in [0.4, 0.5) is 0 Å². The summed E-state index contributed by atoms with van der Waals surface area (Å²) in [6.07, 6.45) is 4.39. The number of carbonyl (C=O) groups is 1. The third-order valence-electron chi connectivity index (χ3n) is 6.08. The van der Waals surface area contributed by atoms with Gasteiger partial charge in [-0.3, -0.25) is 4.79 Å². The monoisotopic (exact) mass is 350 g/mol. The standard InChI is InChI=1S/C15H26N2O3S.ClH/c1-11-12(2)21(19,20)8-7-17(11)14(18)15-6-4-3-5-13(15)9-16-10-15;/h11-13,16H,3-10H2,1-2H3;1H/t11?,12?,13-,15+;/m0./s1. The molecule has 0 spiro atoms. The lowest BCUT2D eigenvalue weighted by Crippen LogP contribution is -2.59. The van der Waals surface area contributed by atoms with Crippen LogP contribution in [0.1, 0.15) is 39.5 Å². The Balaban J connectivity index is 0.00000176. The molecule has 2 saturated heterocycles. The molecule has 2 unspecified atom stereocenters. The highest BCUT2D eigenvalue weighted by Crippen LogP contribution is 2.45. The third kappa shape index (κ3) is 2.67. The van der Waals surface area contributed by atoms with E-state index < -0.39 is 15.1 Å². The number of hydrogen-bond donors (Lipinski definition) is 1. The molecular formula is C15H27ClN2O3S. The quantitative estimate of drug-likeness (QED) is 0.772. The maximum Gasteiger partial charge on any atom is 0.230 e. The van der Waals surface area contributed by atoms with Gasteiger partial charge in [0.25, 0.3) is 0 Å². The molecule has 4 atom stereocenters. The molecule has 0 aromatic rings. The smallest absolute Gasteiger partial charge is 0.230 e. The summed E-state index contributed by atoms with van der Waals surface area (Å²) >= 11 is 0. The van der Waals surface area contributed by atoms with Crippen LogP contribution in [0, 0.1) is 11.3 Å². The molecular weight excluding hydrogens is 324 g/mol. The first-order valence-electron chi connectivity index (χ1n) is 8.12. The third-order valence-corrected chi connectivity index (χ3v) is 8.36. The van der Waals surface area contributed by atoms with Crippen molar-refractivity contribution in [3.8, 4) is 0 Å². The van der Waals surface area contributed by atoms with Crippen molar-refractivity contribution < 1.29 is 13.2 Å². The molecule has 3 aliphatic rings. The number of nitrogens with one attached hydrogen (secondary N) is 1. The van der Waals surface area contributed by atoms with E-state index in [2.05, 4.69) is 5.32 Å². The fourth-order valence-electron chi connectivity index (χ4n) is 4.41. The SMILES string of the molecule is CC1C(C)S(=O)(=O)CCN1C(=O)[C@@]12CCCC[C@H]1CNC2.Cl. The zero-order valence-corrected chi connectivity index (χ0v) is 15.0. The summed E-state index contributed by atoms with van der Waals surface area (Å²) < 4.78 is 24.0. The molecule has 1 aliphatic carbocycles. The Morgan fingerprint density at radius 3 is 2.73 bits per heavy atom. The molecule has 1 N–H and O–H groups in total. The van der Waals surface area contributed by atoms with Crippen LogP contribution in [0.5, 0.6) is 0 Å². The molecule has 1 saturated carbocycles. The maximum atomic E-state index is 13.2. The van der Waals surface area contributed by atoms with Gasteiger partial charge in [-0.25, -0.2) is 8.42 Å². The van der Waals surface area contributed by atoms with E-state index in [-0.39, 0.29) is 35.5 Å². The number of sulfone groups is 1. The van der Waals surface area contributed by atoms with Crippen molar-refractivity contribution in [3.05, 3.63) is 0 Å². The Morgan fingerprint density at radius 2 is 2.00 bits per heavy atom. The van der Waals surface area contributed by atoms with Crippen molar-refractivity contribution >= 4 is 28.2 Å². The van der Waals surface area contributed by atoms with Crippen molar-refractivity contribution in [3.63, 3.8) is 0 Å². The summed E-state index contributed by atoms with van der Waals surface area (Å²) in [7, 11) is -3.04. The molecule has 2 heterocycles. The zero-order chi connectivity index (χ0) is 15.3. The first-order chi connectivity index (χ1) is 9.88. The lowest BCUT2D eigenvalue weighted by Gasteiger charge is -2.45. The molecule has 0 bridgehead atoms. The summed E-state index contributed by atoms with van der Waals surface area (Å²) in [6.45, 7) is 5.68. The van der Waals surface area contributed by atoms with Crippen molar-refractivity contribution in [2.45, 2.75) is 50.8 Å². The Bertz CT molecular complexity index is 539. The van der Waals surface area contributed by atoms with Crippen LogP contribution in [0.15, 0.2) is 0 Å². The molecule has 7 heteroatoms. The molecule has 0 aromatic heterocycles. The van der Waals surface area contributed by atoms with E-state index in [0.717, 1.165) is 32.4 Å². The van der Waals surface area contributed by atoms with E-state index in [1.54, 1.807) is 6.92 Å². The minimum atomic E-state index is -3.04. The number of amides is 1. The highest BCUT2D eigenvalue weighted by atomic mass is 35.5. The summed E-state index contributed by atoms with van der Waals surface area (Å²) in [5.74, 6) is 0.740. The fraction of sp³-hybridized carbons (Fsp3) is 0.933. The number of rotatable bonds is 1. The molecule has 5 nitrogen and oxygen atoms in total. The molecule has 0 aromatic carbocycles. The van der Waals surface area contributed by atoms with E-state index in [1.165, 1.54) is 6.42 Å². The zero-order valence-electron chi connectivity index (χ0n) is 13.4. The molecule has 3 rings (SSSR count). The Morgan fingerprint density at radius 1 is 1.27 bits per heavy atom. The fourth-order valence-corrected chi connectivity index (χ4v) is 5.98. The molecule has 2 aliphatic heterocycles. The van der Waals surface area contributed by atoms with E-state index in [1.807, 2.05) is 11.8 Å². The van der Waals surface area contributed by atoms with Crippen LogP contribution >= 0.6 is 12.4 Å². The van der Waals surface area contributed by atoms with Gasteiger partial charge >= 0.3 is 0 Å². The van der Waals surface area contributed by atoms with Crippen molar-refractivity contribution in [2.24, 2.45) is 11.3 Å². The average molecular weight is 351 g/mol. The Hall–Kier alpha value is -0.330. The van der Waals surface area contributed by atoms with Crippen molar-refractivity contribution in [1.29, 1.82) is 0 Å². The normalized spacial score (nSPS) is 40.6. The van der Waals surface area contributed by atoms with Crippen LogP contribution < -0.4 is 5.32 Å². The summed E-state index contributed by atoms with van der Waals surface area (Å²) in [4.78, 5) is 15.1. The number of nitrogens with zero attached hydrogens (tertiary/aromatic N) is 1. The number of hydrogen-bond acceptors (Lipinski definition) is 4.